The molecule has 2 aromatic carbocycles. The summed E-state index contributed by atoms with van der Waals surface area (Å²) in [5, 5.41) is 2.93. The van der Waals surface area contributed by atoms with Gasteiger partial charge in [0.15, 0.2) is 0 Å². The Kier molecular flexibility index (Phi) is 3.42. The topological polar surface area (TPSA) is 9.23 Å². The number of hydrogen-bond donors (Lipinski definition) is 0. The lowest BCUT2D eigenvalue weighted by molar-refractivity contribution is 0.415. The molecule has 0 aromatic heterocycles. The molecule has 0 aliphatic heterocycles. The molecule has 1 nitrogen and oxygen atoms in total. The third kappa shape index (κ3) is 2.73. The molecular weight excluding hydrogens is 212 g/mol. The highest BCUT2D eigenvalue weighted by Gasteiger charge is 1.97. The second kappa shape index (κ2) is 4.99. The van der Waals surface area contributed by atoms with Crippen LogP contribution in [0.1, 0.15) is 5.56 Å². The molecule has 0 aliphatic carbocycles. The first-order valence-electron chi connectivity index (χ1n) is 5.46. The van der Waals surface area contributed by atoms with Gasteiger partial charge in [0.25, 0.3) is 0 Å². The van der Waals surface area contributed by atoms with Crippen LogP contribution in [0.4, 0.5) is 0 Å². The van der Waals surface area contributed by atoms with Crippen LogP contribution in [0.3, 0.4) is 0 Å². The van der Waals surface area contributed by atoms with Crippen LogP contribution in [0.2, 0.25) is 0 Å². The minimum absolute atomic E-state index is 0.329. The fourth-order valence-electron chi connectivity index (χ4n) is 1.69. The van der Waals surface area contributed by atoms with E-state index in [2.05, 4.69) is 43.3 Å². The molecule has 2 rings (SSSR count). The van der Waals surface area contributed by atoms with Crippen molar-refractivity contribution in [2.24, 2.45) is 0 Å². The van der Waals surface area contributed by atoms with Gasteiger partial charge in [-0.2, -0.15) is 0 Å². The largest absolute Gasteiger partial charge is 0.497 e. The predicted octanol–water partition coefficient (Wildman–Crippen LogP) is 1.12. The summed E-state index contributed by atoms with van der Waals surface area (Å²) in [4.78, 5) is 0. The molecule has 82 valence electrons. The molecule has 0 spiro atoms. The summed E-state index contributed by atoms with van der Waals surface area (Å²) in [6, 6.07) is 17.3. The molecule has 2 heteroatoms. The highest BCUT2D eigenvalue weighted by molar-refractivity contribution is 6.67. The van der Waals surface area contributed by atoms with E-state index in [-0.39, 0.29) is 9.52 Å². The number of aryl methyl sites for hydroxylation is 1. The molecular formula is C14H16OSi. The van der Waals surface area contributed by atoms with Gasteiger partial charge in [0, 0.05) is 0 Å². The van der Waals surface area contributed by atoms with E-state index >= 15 is 0 Å². The monoisotopic (exact) mass is 228 g/mol. The Morgan fingerprint density at radius 3 is 1.81 bits per heavy atom. The fourth-order valence-corrected chi connectivity index (χ4v) is 3.10. The second-order valence-electron chi connectivity index (χ2n) is 4.01. The molecule has 0 fully saturated rings. The zero-order chi connectivity index (χ0) is 11.4. The van der Waals surface area contributed by atoms with Crippen molar-refractivity contribution >= 4 is 19.9 Å². The van der Waals surface area contributed by atoms with E-state index in [9.17, 15) is 0 Å². The van der Waals surface area contributed by atoms with Gasteiger partial charge in [0.1, 0.15) is 5.75 Å². The third-order valence-electron chi connectivity index (χ3n) is 2.69. The molecule has 0 saturated carbocycles. The second-order valence-corrected chi connectivity index (χ2v) is 6.00. The molecule has 0 amide bonds. The lowest BCUT2D eigenvalue weighted by Gasteiger charge is -2.03. The van der Waals surface area contributed by atoms with Crippen molar-refractivity contribution in [2.75, 3.05) is 7.11 Å². The van der Waals surface area contributed by atoms with Gasteiger partial charge in [0.2, 0.25) is 0 Å². The number of ether oxygens (including phenoxy) is 1. The van der Waals surface area contributed by atoms with Gasteiger partial charge in [-0.05, 0) is 19.1 Å². The molecule has 0 atom stereocenters. The SMILES string of the molecule is COc1ccc([SiH2]c2ccc(C)cc2)cc1. The van der Waals surface area contributed by atoms with Gasteiger partial charge < -0.3 is 4.74 Å². The predicted molar refractivity (Wildman–Crippen MR) is 72.0 cm³/mol. The first-order chi connectivity index (χ1) is 7.78. The molecule has 0 bridgehead atoms. The van der Waals surface area contributed by atoms with Gasteiger partial charge in [0.05, 0.1) is 16.6 Å². The van der Waals surface area contributed by atoms with Crippen molar-refractivity contribution < 1.29 is 4.74 Å². The molecule has 0 radical (unpaired) electrons. The number of rotatable bonds is 3. The van der Waals surface area contributed by atoms with Crippen molar-refractivity contribution in [1.29, 1.82) is 0 Å². The van der Waals surface area contributed by atoms with E-state index in [1.807, 2.05) is 12.1 Å². The maximum absolute atomic E-state index is 5.15. The number of benzene rings is 2. The molecule has 0 aliphatic rings. The summed E-state index contributed by atoms with van der Waals surface area (Å²) < 4.78 is 5.15. The lowest BCUT2D eigenvalue weighted by Crippen LogP contribution is -2.26. The maximum Gasteiger partial charge on any atom is 0.118 e. The summed E-state index contributed by atoms with van der Waals surface area (Å²) in [6.07, 6.45) is 0. The summed E-state index contributed by atoms with van der Waals surface area (Å²) in [5.74, 6) is 0.932. The molecule has 0 N–H and O–H groups in total. The highest BCUT2D eigenvalue weighted by atomic mass is 28.2. The van der Waals surface area contributed by atoms with Gasteiger partial charge in [-0.1, -0.05) is 52.3 Å². The van der Waals surface area contributed by atoms with Crippen molar-refractivity contribution in [3.05, 3.63) is 54.1 Å². The highest BCUT2D eigenvalue weighted by Crippen LogP contribution is 2.05. The Morgan fingerprint density at radius 1 is 0.812 bits per heavy atom. The Morgan fingerprint density at radius 2 is 1.31 bits per heavy atom. The zero-order valence-corrected chi connectivity index (χ0v) is 11.1. The van der Waals surface area contributed by atoms with E-state index in [1.54, 1.807) is 7.11 Å². The molecule has 0 heterocycles. The van der Waals surface area contributed by atoms with Crippen molar-refractivity contribution in [2.45, 2.75) is 6.92 Å². The Hall–Kier alpha value is -1.54. The van der Waals surface area contributed by atoms with Crippen LogP contribution in [0.15, 0.2) is 48.5 Å². The van der Waals surface area contributed by atoms with Gasteiger partial charge in [-0.25, -0.2) is 0 Å². The maximum atomic E-state index is 5.15. The van der Waals surface area contributed by atoms with Crippen molar-refractivity contribution in [3.63, 3.8) is 0 Å². The smallest absolute Gasteiger partial charge is 0.118 e. The molecule has 0 unspecified atom stereocenters. The summed E-state index contributed by atoms with van der Waals surface area (Å²) in [5.41, 5.74) is 1.33. The Labute approximate surface area is 98.9 Å². The van der Waals surface area contributed by atoms with Gasteiger partial charge >= 0.3 is 0 Å². The van der Waals surface area contributed by atoms with Gasteiger partial charge in [-0.15, -0.1) is 0 Å². The first-order valence-corrected chi connectivity index (χ1v) is 6.88. The zero-order valence-electron chi connectivity index (χ0n) is 9.73. The van der Waals surface area contributed by atoms with E-state index in [0.717, 1.165) is 5.75 Å². The minimum Gasteiger partial charge on any atom is -0.497 e. The van der Waals surface area contributed by atoms with Crippen LogP contribution in [0.5, 0.6) is 5.75 Å². The quantitative estimate of drug-likeness (QED) is 0.716. The lowest BCUT2D eigenvalue weighted by atomic mass is 10.2. The van der Waals surface area contributed by atoms with E-state index in [1.165, 1.54) is 15.9 Å². The average Bonchev–Trinajstić information content (AvgIpc) is 2.33. The van der Waals surface area contributed by atoms with E-state index in [0.29, 0.717) is 0 Å². The summed E-state index contributed by atoms with van der Waals surface area (Å²) >= 11 is 0. The van der Waals surface area contributed by atoms with Crippen LogP contribution < -0.4 is 15.1 Å². The molecule has 2 aromatic rings. The van der Waals surface area contributed by atoms with Crippen LogP contribution in [-0.2, 0) is 0 Å². The molecule has 0 saturated heterocycles. The molecule has 16 heavy (non-hydrogen) atoms. The van der Waals surface area contributed by atoms with Crippen LogP contribution in [0.25, 0.3) is 0 Å². The Balaban J connectivity index is 2.11. The number of methoxy groups -OCH3 is 1. The van der Waals surface area contributed by atoms with E-state index in [4.69, 9.17) is 4.74 Å². The van der Waals surface area contributed by atoms with E-state index < -0.39 is 0 Å². The van der Waals surface area contributed by atoms with Crippen molar-refractivity contribution in [1.82, 2.24) is 0 Å². The van der Waals surface area contributed by atoms with Crippen LogP contribution in [-0.4, -0.2) is 16.6 Å². The summed E-state index contributed by atoms with van der Waals surface area (Å²) in [6.45, 7) is 2.12. The minimum atomic E-state index is -0.329. The van der Waals surface area contributed by atoms with Crippen LogP contribution in [0, 0.1) is 6.92 Å². The third-order valence-corrected chi connectivity index (χ3v) is 4.45. The Bertz CT molecular complexity index is 445. The van der Waals surface area contributed by atoms with Crippen LogP contribution >= 0.6 is 0 Å². The number of hydrogen-bond acceptors (Lipinski definition) is 1. The standard InChI is InChI=1S/C14H16OSi/c1-11-3-7-13(8-4-11)16-14-9-5-12(15-2)6-10-14/h3-10H,16H2,1-2H3. The average molecular weight is 228 g/mol. The van der Waals surface area contributed by atoms with Gasteiger partial charge in [-0.3, -0.25) is 0 Å². The summed E-state index contributed by atoms with van der Waals surface area (Å²) in [7, 11) is 1.37. The fraction of sp³-hybridized carbons (Fsp3) is 0.143. The first kappa shape index (κ1) is 11.0. The van der Waals surface area contributed by atoms with Crippen molar-refractivity contribution in [3.8, 4) is 5.75 Å². The normalized spacial score (nSPS) is 10.9.